The number of alkyl carbamates (subject to hydrolysis) is 2. The summed E-state index contributed by atoms with van der Waals surface area (Å²) < 4.78 is 9.46. The third kappa shape index (κ3) is 6.37. The summed E-state index contributed by atoms with van der Waals surface area (Å²) in [7, 11) is 0. The molecule has 1 aromatic rings. The van der Waals surface area contributed by atoms with Crippen LogP contribution in [0.5, 0.6) is 0 Å². The van der Waals surface area contributed by atoms with Crippen molar-refractivity contribution in [3.63, 3.8) is 0 Å². The molecule has 2 N–H and O–H groups in total. The third-order valence-electron chi connectivity index (χ3n) is 3.40. The summed E-state index contributed by atoms with van der Waals surface area (Å²) in [4.78, 5) is 33.6. The van der Waals surface area contributed by atoms with Crippen molar-refractivity contribution >= 4 is 18.2 Å². The highest BCUT2D eigenvalue weighted by Gasteiger charge is 2.25. The van der Waals surface area contributed by atoms with E-state index in [-0.39, 0.29) is 19.1 Å². The van der Waals surface area contributed by atoms with Crippen molar-refractivity contribution in [2.45, 2.75) is 38.3 Å². The van der Waals surface area contributed by atoms with Gasteiger partial charge in [0, 0.05) is 12.6 Å². The van der Waals surface area contributed by atoms with E-state index in [9.17, 15) is 14.4 Å². The first kappa shape index (κ1) is 16.8. The number of carbonyl (C=O) groups excluding carboxylic acids is 3. The Morgan fingerprint density at radius 3 is 2.78 bits per heavy atom. The van der Waals surface area contributed by atoms with E-state index in [1.54, 1.807) is 0 Å². The zero-order chi connectivity index (χ0) is 16.5. The second-order valence-electron chi connectivity index (χ2n) is 5.29. The molecule has 1 aromatic carbocycles. The van der Waals surface area contributed by atoms with E-state index < -0.39 is 18.2 Å². The fraction of sp³-hybridized carbons (Fsp3) is 0.438. The summed E-state index contributed by atoms with van der Waals surface area (Å²) in [5.74, 6) is -0.499. The van der Waals surface area contributed by atoms with Crippen molar-refractivity contribution in [1.82, 2.24) is 10.6 Å². The molecular formula is C16H20N2O5. The maximum absolute atomic E-state index is 11.5. The number of amides is 2. The lowest BCUT2D eigenvalue weighted by atomic mass is 10.1. The largest absolute Gasteiger partial charge is 0.445 e. The summed E-state index contributed by atoms with van der Waals surface area (Å²) >= 11 is 0. The highest BCUT2D eigenvalue weighted by atomic mass is 16.6. The number of unbranched alkanes of at least 4 members (excludes halogenated alkanes) is 1. The second-order valence-corrected chi connectivity index (χ2v) is 5.29. The molecule has 0 unspecified atom stereocenters. The van der Waals surface area contributed by atoms with E-state index in [1.165, 1.54) is 0 Å². The van der Waals surface area contributed by atoms with Gasteiger partial charge in [-0.1, -0.05) is 30.3 Å². The predicted molar refractivity (Wildman–Crippen MR) is 81.5 cm³/mol. The summed E-state index contributed by atoms with van der Waals surface area (Å²) in [5, 5.41) is 5.26. The molecule has 2 rings (SSSR count). The van der Waals surface area contributed by atoms with Crippen LogP contribution in [-0.4, -0.2) is 30.7 Å². The van der Waals surface area contributed by atoms with E-state index in [0.717, 1.165) is 18.4 Å². The van der Waals surface area contributed by atoms with Crippen molar-refractivity contribution < 1.29 is 23.9 Å². The van der Waals surface area contributed by atoms with Crippen LogP contribution in [0.4, 0.5) is 9.59 Å². The molecule has 1 fully saturated rings. The van der Waals surface area contributed by atoms with Gasteiger partial charge in [0.05, 0.1) is 6.42 Å². The standard InChI is InChI=1S/C16H20N2O5/c19-14-10-13(18-16(21)23-14)8-4-5-9-17-15(20)22-11-12-6-2-1-3-7-12/h1-3,6-7,13H,4-5,8-11H2,(H,17,20)(H,18,21)/t13-/m0/s1. The molecule has 2 amide bonds. The van der Waals surface area contributed by atoms with Crippen LogP contribution in [0, 0.1) is 0 Å². The average Bonchev–Trinajstić information content (AvgIpc) is 2.53. The van der Waals surface area contributed by atoms with Crippen LogP contribution in [0.15, 0.2) is 30.3 Å². The lowest BCUT2D eigenvalue weighted by molar-refractivity contribution is -0.140. The number of esters is 1. The predicted octanol–water partition coefficient (Wildman–Crippen LogP) is 2.11. The molecule has 1 aliphatic heterocycles. The summed E-state index contributed by atoms with van der Waals surface area (Å²) in [6, 6.07) is 9.26. The Labute approximate surface area is 134 Å². The minimum Gasteiger partial charge on any atom is -0.445 e. The molecule has 23 heavy (non-hydrogen) atoms. The van der Waals surface area contributed by atoms with E-state index in [4.69, 9.17) is 4.74 Å². The van der Waals surface area contributed by atoms with Gasteiger partial charge in [0.2, 0.25) is 0 Å². The molecule has 124 valence electrons. The average molecular weight is 320 g/mol. The molecule has 0 spiro atoms. The first-order valence-corrected chi connectivity index (χ1v) is 7.59. The summed E-state index contributed by atoms with van der Waals surface area (Å²) in [5.41, 5.74) is 0.933. The Balaban J connectivity index is 1.52. The maximum atomic E-state index is 11.5. The molecule has 0 saturated carbocycles. The maximum Gasteiger partial charge on any atom is 0.415 e. The van der Waals surface area contributed by atoms with Crippen molar-refractivity contribution in [1.29, 1.82) is 0 Å². The van der Waals surface area contributed by atoms with Gasteiger partial charge >= 0.3 is 18.2 Å². The lowest BCUT2D eigenvalue weighted by Gasteiger charge is -2.21. The Hall–Kier alpha value is -2.57. The fourth-order valence-corrected chi connectivity index (χ4v) is 2.25. The van der Waals surface area contributed by atoms with E-state index in [1.807, 2.05) is 30.3 Å². The number of benzene rings is 1. The number of nitrogens with one attached hydrogen (secondary N) is 2. The van der Waals surface area contributed by atoms with E-state index in [0.29, 0.717) is 13.0 Å². The Bertz CT molecular complexity index is 531. The number of hydrogen-bond acceptors (Lipinski definition) is 5. The molecule has 1 saturated heterocycles. The van der Waals surface area contributed by atoms with Gasteiger partial charge in [-0.2, -0.15) is 0 Å². The molecule has 0 radical (unpaired) electrons. The van der Waals surface area contributed by atoms with Gasteiger partial charge in [0.1, 0.15) is 6.61 Å². The number of ether oxygens (including phenoxy) is 2. The van der Waals surface area contributed by atoms with Crippen LogP contribution >= 0.6 is 0 Å². The molecule has 1 atom stereocenters. The quantitative estimate of drug-likeness (QED) is 0.456. The van der Waals surface area contributed by atoms with Gasteiger partial charge in [-0.05, 0) is 24.8 Å². The van der Waals surface area contributed by atoms with E-state index in [2.05, 4.69) is 15.4 Å². The number of rotatable bonds is 7. The Morgan fingerprint density at radius 2 is 2.04 bits per heavy atom. The van der Waals surface area contributed by atoms with Crippen molar-refractivity contribution in [2.75, 3.05) is 6.54 Å². The molecule has 7 heteroatoms. The highest BCUT2D eigenvalue weighted by molar-refractivity contribution is 5.87. The van der Waals surface area contributed by atoms with Crippen molar-refractivity contribution in [3.8, 4) is 0 Å². The molecule has 0 bridgehead atoms. The summed E-state index contributed by atoms with van der Waals surface area (Å²) in [6.45, 7) is 0.724. The Kier molecular flexibility index (Phi) is 6.40. The molecule has 7 nitrogen and oxygen atoms in total. The molecular weight excluding hydrogens is 300 g/mol. The van der Waals surface area contributed by atoms with Crippen LogP contribution in [-0.2, 0) is 20.9 Å². The van der Waals surface area contributed by atoms with Crippen molar-refractivity contribution in [2.24, 2.45) is 0 Å². The number of hydrogen-bond donors (Lipinski definition) is 2. The zero-order valence-electron chi connectivity index (χ0n) is 12.7. The molecule has 1 heterocycles. The fourth-order valence-electron chi connectivity index (χ4n) is 2.25. The van der Waals surface area contributed by atoms with Gasteiger partial charge in [0.15, 0.2) is 0 Å². The number of carbonyl (C=O) groups is 3. The zero-order valence-corrected chi connectivity index (χ0v) is 12.7. The lowest BCUT2D eigenvalue weighted by Crippen LogP contribution is -2.43. The van der Waals surface area contributed by atoms with Crippen LogP contribution in [0.2, 0.25) is 0 Å². The van der Waals surface area contributed by atoms with E-state index >= 15 is 0 Å². The first-order valence-electron chi connectivity index (χ1n) is 7.59. The second kappa shape index (κ2) is 8.77. The normalized spacial score (nSPS) is 17.1. The monoisotopic (exact) mass is 320 g/mol. The van der Waals surface area contributed by atoms with Gasteiger partial charge in [-0.15, -0.1) is 0 Å². The highest BCUT2D eigenvalue weighted by Crippen LogP contribution is 2.10. The first-order chi connectivity index (χ1) is 11.1. The van der Waals surface area contributed by atoms with Crippen LogP contribution < -0.4 is 10.6 Å². The minimum absolute atomic E-state index is 0.186. The number of cyclic esters (lactones) is 2. The van der Waals surface area contributed by atoms with Crippen LogP contribution in [0.25, 0.3) is 0 Å². The minimum atomic E-state index is -0.686. The summed E-state index contributed by atoms with van der Waals surface area (Å²) in [6.07, 6.45) is 1.23. The smallest absolute Gasteiger partial charge is 0.415 e. The van der Waals surface area contributed by atoms with Crippen LogP contribution in [0.1, 0.15) is 31.2 Å². The van der Waals surface area contributed by atoms with Gasteiger partial charge in [0.25, 0.3) is 0 Å². The molecule has 1 aliphatic rings. The van der Waals surface area contributed by atoms with Gasteiger partial charge < -0.3 is 20.1 Å². The molecule has 0 aliphatic carbocycles. The Morgan fingerprint density at radius 1 is 1.26 bits per heavy atom. The van der Waals surface area contributed by atoms with Crippen LogP contribution in [0.3, 0.4) is 0 Å². The van der Waals surface area contributed by atoms with Gasteiger partial charge in [-0.3, -0.25) is 4.79 Å². The van der Waals surface area contributed by atoms with Crippen molar-refractivity contribution in [3.05, 3.63) is 35.9 Å². The molecule has 0 aromatic heterocycles. The SMILES string of the molecule is O=C1C[C@H](CCCCNC(=O)OCc2ccccc2)NC(=O)O1. The third-order valence-corrected chi connectivity index (χ3v) is 3.40. The van der Waals surface area contributed by atoms with Gasteiger partial charge in [-0.25, -0.2) is 9.59 Å². The topological polar surface area (TPSA) is 93.7 Å².